The summed E-state index contributed by atoms with van der Waals surface area (Å²) in [6.45, 7) is 15.4. The molecule has 0 bridgehead atoms. The van der Waals surface area contributed by atoms with Crippen LogP contribution >= 0.6 is 0 Å². The Hall–Kier alpha value is -3.42. The van der Waals surface area contributed by atoms with Gasteiger partial charge >= 0.3 is 6.03 Å². The maximum absolute atomic E-state index is 12.8. The summed E-state index contributed by atoms with van der Waals surface area (Å²) in [4.78, 5) is 15.1. The molecule has 8 heteroatoms. The number of aromatic amines is 1. The van der Waals surface area contributed by atoms with Crippen molar-refractivity contribution in [2.75, 3.05) is 29.9 Å². The monoisotopic (exact) mass is 463 g/mol. The van der Waals surface area contributed by atoms with Gasteiger partial charge in [0.1, 0.15) is 0 Å². The van der Waals surface area contributed by atoms with Crippen LogP contribution in [0.5, 0.6) is 0 Å². The molecule has 0 aliphatic rings. The molecule has 0 aliphatic heterocycles. The largest absolute Gasteiger partial charge is 0.369 e. The van der Waals surface area contributed by atoms with Gasteiger partial charge in [0.25, 0.3) is 0 Å². The number of hydrogen-bond donors (Lipinski definition) is 3. The van der Waals surface area contributed by atoms with Crippen LogP contribution in [0.25, 0.3) is 22.5 Å². The Kier molecular flexibility index (Phi) is 8.62. The number of urea groups is 1. The second-order valence-corrected chi connectivity index (χ2v) is 9.95. The lowest BCUT2D eigenvalue weighted by atomic mass is 9.97. The zero-order valence-electron chi connectivity index (χ0n) is 21.1. The van der Waals surface area contributed by atoms with E-state index in [1.54, 1.807) is 0 Å². The summed E-state index contributed by atoms with van der Waals surface area (Å²) >= 11 is 0. The quantitative estimate of drug-likeness (QED) is 0.372. The summed E-state index contributed by atoms with van der Waals surface area (Å²) in [6.07, 6.45) is 0. The summed E-state index contributed by atoms with van der Waals surface area (Å²) in [5, 5.41) is 20.5. The number of rotatable bonds is 10. The predicted octanol–water partition coefficient (Wildman–Crippen LogP) is 5.43. The SMILES string of the molecule is CC(C)CNC(=O)Nc1cc(-c2ccccc2-c2nnn[nH]2)ccc1N(CC(C)C)CC(C)C. The van der Waals surface area contributed by atoms with Crippen molar-refractivity contribution in [1.29, 1.82) is 0 Å². The molecule has 0 saturated carbocycles. The Morgan fingerprint density at radius 1 is 0.941 bits per heavy atom. The van der Waals surface area contributed by atoms with Gasteiger partial charge in [-0.15, -0.1) is 5.10 Å². The molecule has 3 rings (SSSR count). The molecule has 182 valence electrons. The Bertz CT molecular complexity index is 1050. The predicted molar refractivity (Wildman–Crippen MR) is 139 cm³/mol. The van der Waals surface area contributed by atoms with E-state index in [-0.39, 0.29) is 6.03 Å². The molecule has 0 radical (unpaired) electrons. The van der Waals surface area contributed by atoms with Crippen LogP contribution < -0.4 is 15.5 Å². The van der Waals surface area contributed by atoms with Gasteiger partial charge in [-0.2, -0.15) is 0 Å². The van der Waals surface area contributed by atoms with Gasteiger partial charge in [0.15, 0.2) is 5.82 Å². The van der Waals surface area contributed by atoms with Crippen molar-refractivity contribution in [2.45, 2.75) is 41.5 Å². The first-order valence-corrected chi connectivity index (χ1v) is 12.0. The van der Waals surface area contributed by atoms with Crippen LogP contribution in [0.15, 0.2) is 42.5 Å². The Labute approximate surface area is 202 Å². The molecule has 8 nitrogen and oxygen atoms in total. The van der Waals surface area contributed by atoms with E-state index in [4.69, 9.17) is 0 Å². The average molecular weight is 464 g/mol. The topological polar surface area (TPSA) is 98.8 Å². The number of hydrogen-bond acceptors (Lipinski definition) is 5. The standard InChI is InChI=1S/C26H37N7O/c1-17(2)14-27-26(34)28-23-13-20(11-12-24(23)33(15-18(3)4)16-19(5)6)21-9-7-8-10-22(21)25-29-31-32-30-25/h7-13,17-19H,14-16H2,1-6H3,(H2,27,28,34)(H,29,30,31,32). The van der Waals surface area contributed by atoms with E-state index in [0.717, 1.165) is 41.2 Å². The highest BCUT2D eigenvalue weighted by Crippen LogP contribution is 2.36. The van der Waals surface area contributed by atoms with Gasteiger partial charge in [-0.05, 0) is 51.4 Å². The van der Waals surface area contributed by atoms with Gasteiger partial charge in [0.2, 0.25) is 0 Å². The van der Waals surface area contributed by atoms with Gasteiger partial charge in [0.05, 0.1) is 11.4 Å². The molecule has 3 aromatic rings. The highest BCUT2D eigenvalue weighted by Gasteiger charge is 2.18. The number of benzene rings is 2. The number of amides is 2. The molecule has 3 N–H and O–H groups in total. The number of nitrogens with zero attached hydrogens (tertiary/aromatic N) is 4. The van der Waals surface area contributed by atoms with Gasteiger partial charge in [-0.25, -0.2) is 9.89 Å². The van der Waals surface area contributed by atoms with Gasteiger partial charge in [-0.3, -0.25) is 0 Å². The lowest BCUT2D eigenvalue weighted by Gasteiger charge is -2.31. The summed E-state index contributed by atoms with van der Waals surface area (Å²) in [7, 11) is 0. The maximum atomic E-state index is 12.8. The van der Waals surface area contributed by atoms with Crippen molar-refractivity contribution in [3.63, 3.8) is 0 Å². The van der Waals surface area contributed by atoms with Crippen LogP contribution in [-0.2, 0) is 0 Å². The number of tetrazole rings is 1. The van der Waals surface area contributed by atoms with E-state index >= 15 is 0 Å². The number of carbonyl (C=O) groups is 1. The van der Waals surface area contributed by atoms with Crippen molar-refractivity contribution in [3.05, 3.63) is 42.5 Å². The minimum atomic E-state index is -0.200. The van der Waals surface area contributed by atoms with Crippen LogP contribution in [0.2, 0.25) is 0 Å². The third-order valence-electron chi connectivity index (χ3n) is 5.27. The molecule has 2 amide bonds. The van der Waals surface area contributed by atoms with Crippen LogP contribution in [0.1, 0.15) is 41.5 Å². The lowest BCUT2D eigenvalue weighted by molar-refractivity contribution is 0.251. The molecule has 0 atom stereocenters. The van der Waals surface area contributed by atoms with Gasteiger partial charge < -0.3 is 15.5 Å². The molecule has 2 aromatic carbocycles. The van der Waals surface area contributed by atoms with E-state index in [1.165, 1.54) is 0 Å². The lowest BCUT2D eigenvalue weighted by Crippen LogP contribution is -2.34. The molecule has 0 spiro atoms. The van der Waals surface area contributed by atoms with Gasteiger partial charge in [-0.1, -0.05) is 71.9 Å². The highest BCUT2D eigenvalue weighted by atomic mass is 16.2. The number of carbonyl (C=O) groups excluding carboxylic acids is 1. The minimum Gasteiger partial charge on any atom is -0.369 e. The smallest absolute Gasteiger partial charge is 0.319 e. The Morgan fingerprint density at radius 2 is 1.62 bits per heavy atom. The van der Waals surface area contributed by atoms with E-state index in [2.05, 4.69) is 89.8 Å². The molecular formula is C26H37N7O. The van der Waals surface area contributed by atoms with Crippen LogP contribution in [0, 0.1) is 17.8 Å². The van der Waals surface area contributed by atoms with Crippen LogP contribution in [0.3, 0.4) is 0 Å². The fourth-order valence-corrected chi connectivity index (χ4v) is 3.91. The summed E-state index contributed by atoms with van der Waals surface area (Å²) in [6, 6.07) is 14.0. The van der Waals surface area contributed by atoms with E-state index < -0.39 is 0 Å². The fraction of sp³-hybridized carbons (Fsp3) is 0.462. The third-order valence-corrected chi connectivity index (χ3v) is 5.27. The van der Waals surface area contributed by atoms with E-state index in [0.29, 0.717) is 30.1 Å². The van der Waals surface area contributed by atoms with Crippen molar-refractivity contribution in [1.82, 2.24) is 25.9 Å². The van der Waals surface area contributed by atoms with Crippen molar-refractivity contribution < 1.29 is 4.79 Å². The molecule has 1 heterocycles. The molecule has 34 heavy (non-hydrogen) atoms. The van der Waals surface area contributed by atoms with Crippen LogP contribution in [0.4, 0.5) is 16.2 Å². The third kappa shape index (κ3) is 6.79. The van der Waals surface area contributed by atoms with Gasteiger partial charge in [0, 0.05) is 25.2 Å². The molecular weight excluding hydrogens is 426 g/mol. The normalized spacial score (nSPS) is 11.3. The maximum Gasteiger partial charge on any atom is 0.319 e. The molecule has 1 aromatic heterocycles. The molecule has 0 fully saturated rings. The molecule has 0 aliphatic carbocycles. The molecule has 0 saturated heterocycles. The van der Waals surface area contributed by atoms with E-state index in [9.17, 15) is 4.79 Å². The first kappa shape index (κ1) is 25.2. The number of nitrogens with one attached hydrogen (secondary N) is 3. The minimum absolute atomic E-state index is 0.200. The first-order valence-electron chi connectivity index (χ1n) is 12.0. The fourth-order valence-electron chi connectivity index (χ4n) is 3.91. The Morgan fingerprint density at radius 3 is 2.21 bits per heavy atom. The zero-order chi connectivity index (χ0) is 24.7. The average Bonchev–Trinajstić information content (AvgIpc) is 3.31. The summed E-state index contributed by atoms with van der Waals surface area (Å²) in [5.74, 6) is 1.95. The summed E-state index contributed by atoms with van der Waals surface area (Å²) < 4.78 is 0. The van der Waals surface area contributed by atoms with Crippen molar-refractivity contribution in [3.8, 4) is 22.5 Å². The van der Waals surface area contributed by atoms with Crippen LogP contribution in [-0.4, -0.2) is 46.3 Å². The molecule has 0 unspecified atom stereocenters. The Balaban J connectivity index is 2.05. The number of aromatic nitrogens is 4. The number of H-pyrrole nitrogens is 1. The number of anilines is 2. The second kappa shape index (κ2) is 11.6. The van der Waals surface area contributed by atoms with E-state index in [1.807, 2.05) is 30.3 Å². The first-order chi connectivity index (χ1) is 16.2. The van der Waals surface area contributed by atoms with Crippen molar-refractivity contribution in [2.24, 2.45) is 17.8 Å². The van der Waals surface area contributed by atoms with Crippen molar-refractivity contribution >= 4 is 17.4 Å². The summed E-state index contributed by atoms with van der Waals surface area (Å²) in [5.41, 5.74) is 4.66. The zero-order valence-corrected chi connectivity index (χ0v) is 21.1. The second-order valence-electron chi connectivity index (χ2n) is 9.95. The highest BCUT2D eigenvalue weighted by molar-refractivity contribution is 5.95.